The van der Waals surface area contributed by atoms with Crippen molar-refractivity contribution in [3.8, 4) is 0 Å². The van der Waals surface area contributed by atoms with Gasteiger partial charge in [0, 0.05) is 26.2 Å². The summed E-state index contributed by atoms with van der Waals surface area (Å²) in [5, 5.41) is 3.26. The number of nitrogens with zero attached hydrogens (tertiary/aromatic N) is 2. The second kappa shape index (κ2) is 8.28. The van der Waals surface area contributed by atoms with E-state index in [1.807, 2.05) is 43.3 Å². The first-order valence-electron chi connectivity index (χ1n) is 8.98. The lowest BCUT2D eigenvalue weighted by Gasteiger charge is -2.36. The smallest absolute Gasteiger partial charge is 0.237 e. The van der Waals surface area contributed by atoms with Crippen LogP contribution in [-0.4, -0.2) is 55.0 Å². The van der Waals surface area contributed by atoms with Gasteiger partial charge in [0.05, 0.1) is 12.1 Å². The Labute approximate surface area is 150 Å². The summed E-state index contributed by atoms with van der Waals surface area (Å²) < 4.78 is 0. The van der Waals surface area contributed by atoms with Crippen LogP contribution in [0.25, 0.3) is 0 Å². The van der Waals surface area contributed by atoms with E-state index in [1.54, 1.807) is 0 Å². The average Bonchev–Trinajstić information content (AvgIpc) is 2.67. The van der Waals surface area contributed by atoms with E-state index in [-0.39, 0.29) is 18.0 Å². The van der Waals surface area contributed by atoms with Gasteiger partial charge in [0.1, 0.15) is 0 Å². The van der Waals surface area contributed by atoms with Crippen LogP contribution in [0.3, 0.4) is 0 Å². The molecule has 2 aromatic carbocycles. The molecule has 2 aromatic rings. The molecule has 3 rings (SSSR count). The SMILES string of the molecule is CC(C(=O)NC(c1ccccc1)c1ccccc1)N1CCN(C)CC1. The molecule has 0 aromatic heterocycles. The van der Waals surface area contributed by atoms with E-state index in [0.717, 1.165) is 37.3 Å². The maximum atomic E-state index is 12.9. The molecule has 1 heterocycles. The molecular weight excluding hydrogens is 310 g/mol. The summed E-state index contributed by atoms with van der Waals surface area (Å²) in [4.78, 5) is 17.5. The fourth-order valence-electron chi connectivity index (χ4n) is 3.29. The Kier molecular flexibility index (Phi) is 5.84. The number of carbonyl (C=O) groups excluding carboxylic acids is 1. The molecule has 0 saturated carbocycles. The van der Waals surface area contributed by atoms with Crippen LogP contribution < -0.4 is 5.32 Å². The minimum Gasteiger partial charge on any atom is -0.344 e. The predicted molar refractivity (Wildman–Crippen MR) is 101 cm³/mol. The Morgan fingerprint density at radius 3 is 1.84 bits per heavy atom. The van der Waals surface area contributed by atoms with E-state index in [4.69, 9.17) is 0 Å². The fourth-order valence-corrected chi connectivity index (χ4v) is 3.29. The third kappa shape index (κ3) is 4.47. The van der Waals surface area contributed by atoms with E-state index >= 15 is 0 Å². The van der Waals surface area contributed by atoms with Crippen LogP contribution in [0.5, 0.6) is 0 Å². The van der Waals surface area contributed by atoms with E-state index < -0.39 is 0 Å². The van der Waals surface area contributed by atoms with Crippen LogP contribution in [0, 0.1) is 0 Å². The van der Waals surface area contributed by atoms with Crippen molar-refractivity contribution in [1.29, 1.82) is 0 Å². The average molecular weight is 337 g/mol. The molecule has 1 aliphatic rings. The Hall–Kier alpha value is -2.17. The lowest BCUT2D eigenvalue weighted by Crippen LogP contribution is -2.53. The summed E-state index contributed by atoms with van der Waals surface area (Å²) >= 11 is 0. The molecule has 4 nitrogen and oxygen atoms in total. The standard InChI is InChI=1S/C21H27N3O/c1-17(24-15-13-23(2)14-16-24)21(25)22-20(18-9-5-3-6-10-18)19-11-7-4-8-12-19/h3-12,17,20H,13-16H2,1-2H3,(H,22,25). The first kappa shape index (κ1) is 17.6. The third-order valence-corrected chi connectivity index (χ3v) is 5.02. The van der Waals surface area contributed by atoms with E-state index in [1.165, 1.54) is 0 Å². The molecule has 0 aliphatic carbocycles. The highest BCUT2D eigenvalue weighted by molar-refractivity contribution is 5.82. The van der Waals surface area contributed by atoms with E-state index in [0.29, 0.717) is 0 Å². The zero-order valence-electron chi connectivity index (χ0n) is 15.1. The molecule has 1 saturated heterocycles. The van der Waals surface area contributed by atoms with Crippen LogP contribution in [0.2, 0.25) is 0 Å². The van der Waals surface area contributed by atoms with Crippen molar-refractivity contribution in [2.75, 3.05) is 33.2 Å². The number of nitrogens with one attached hydrogen (secondary N) is 1. The topological polar surface area (TPSA) is 35.6 Å². The summed E-state index contributed by atoms with van der Waals surface area (Å²) in [5.41, 5.74) is 2.21. The van der Waals surface area contributed by atoms with Crippen molar-refractivity contribution < 1.29 is 4.79 Å². The lowest BCUT2D eigenvalue weighted by atomic mass is 9.98. The molecular formula is C21H27N3O. The Morgan fingerprint density at radius 1 is 0.880 bits per heavy atom. The third-order valence-electron chi connectivity index (χ3n) is 5.02. The van der Waals surface area contributed by atoms with Gasteiger partial charge in [-0.2, -0.15) is 0 Å². The number of benzene rings is 2. The largest absolute Gasteiger partial charge is 0.344 e. The molecule has 1 unspecified atom stereocenters. The van der Waals surface area contributed by atoms with Crippen molar-refractivity contribution in [3.63, 3.8) is 0 Å². The molecule has 1 atom stereocenters. The van der Waals surface area contributed by atoms with Crippen molar-refractivity contribution in [2.45, 2.75) is 19.0 Å². The number of carbonyl (C=O) groups is 1. The van der Waals surface area contributed by atoms with Crippen molar-refractivity contribution in [2.24, 2.45) is 0 Å². The highest BCUT2D eigenvalue weighted by Gasteiger charge is 2.26. The van der Waals surface area contributed by atoms with Gasteiger partial charge in [-0.05, 0) is 25.1 Å². The van der Waals surface area contributed by atoms with E-state index in [2.05, 4.69) is 46.4 Å². The highest BCUT2D eigenvalue weighted by atomic mass is 16.2. The number of rotatable bonds is 5. The molecule has 0 radical (unpaired) electrons. The summed E-state index contributed by atoms with van der Waals surface area (Å²) in [6, 6.07) is 20.1. The Balaban J connectivity index is 1.75. The minimum absolute atomic E-state index is 0.0854. The van der Waals surface area contributed by atoms with Crippen LogP contribution in [-0.2, 0) is 4.79 Å². The van der Waals surface area contributed by atoms with Crippen LogP contribution in [0.15, 0.2) is 60.7 Å². The van der Waals surface area contributed by atoms with Gasteiger partial charge in [-0.3, -0.25) is 9.69 Å². The van der Waals surface area contributed by atoms with Gasteiger partial charge in [-0.25, -0.2) is 0 Å². The Morgan fingerprint density at radius 2 is 1.36 bits per heavy atom. The van der Waals surface area contributed by atoms with Gasteiger partial charge >= 0.3 is 0 Å². The zero-order valence-corrected chi connectivity index (χ0v) is 15.1. The quantitative estimate of drug-likeness (QED) is 0.911. The molecule has 0 bridgehead atoms. The lowest BCUT2D eigenvalue weighted by molar-refractivity contribution is -0.127. The molecule has 0 spiro atoms. The predicted octanol–water partition coefficient (Wildman–Crippen LogP) is 2.53. The first-order chi connectivity index (χ1) is 12.1. The number of hydrogen-bond acceptors (Lipinski definition) is 3. The van der Waals surface area contributed by atoms with Gasteiger partial charge in [0.15, 0.2) is 0 Å². The minimum atomic E-state index is -0.122. The maximum absolute atomic E-state index is 12.9. The number of hydrogen-bond donors (Lipinski definition) is 1. The summed E-state index contributed by atoms with van der Waals surface area (Å²) in [5.74, 6) is 0.0854. The van der Waals surface area contributed by atoms with Crippen molar-refractivity contribution in [1.82, 2.24) is 15.1 Å². The van der Waals surface area contributed by atoms with Crippen molar-refractivity contribution >= 4 is 5.91 Å². The van der Waals surface area contributed by atoms with Gasteiger partial charge < -0.3 is 10.2 Å². The molecule has 1 amide bonds. The van der Waals surface area contributed by atoms with Gasteiger partial charge in [0.2, 0.25) is 5.91 Å². The van der Waals surface area contributed by atoms with E-state index in [9.17, 15) is 4.79 Å². The number of piperazine rings is 1. The summed E-state index contributed by atoms with van der Waals surface area (Å²) in [6.07, 6.45) is 0. The summed E-state index contributed by atoms with van der Waals surface area (Å²) in [7, 11) is 2.13. The molecule has 1 aliphatic heterocycles. The Bertz CT molecular complexity index is 627. The van der Waals surface area contributed by atoms with Gasteiger partial charge in [-0.1, -0.05) is 60.7 Å². The maximum Gasteiger partial charge on any atom is 0.237 e. The molecule has 1 N–H and O–H groups in total. The highest BCUT2D eigenvalue weighted by Crippen LogP contribution is 2.22. The van der Waals surface area contributed by atoms with Crippen molar-refractivity contribution in [3.05, 3.63) is 71.8 Å². The number of amides is 1. The molecule has 25 heavy (non-hydrogen) atoms. The fraction of sp³-hybridized carbons (Fsp3) is 0.381. The zero-order chi connectivity index (χ0) is 17.6. The van der Waals surface area contributed by atoms with Crippen LogP contribution >= 0.6 is 0 Å². The number of likely N-dealkylation sites (N-methyl/N-ethyl adjacent to an activating group) is 1. The molecule has 1 fully saturated rings. The van der Waals surface area contributed by atoms with Crippen LogP contribution in [0.1, 0.15) is 24.1 Å². The van der Waals surface area contributed by atoms with Crippen LogP contribution in [0.4, 0.5) is 0 Å². The van der Waals surface area contributed by atoms with Gasteiger partial charge in [-0.15, -0.1) is 0 Å². The van der Waals surface area contributed by atoms with Gasteiger partial charge in [0.25, 0.3) is 0 Å². The molecule has 132 valence electrons. The second-order valence-corrected chi connectivity index (χ2v) is 6.78. The monoisotopic (exact) mass is 337 g/mol. The second-order valence-electron chi connectivity index (χ2n) is 6.78. The molecule has 4 heteroatoms. The first-order valence-corrected chi connectivity index (χ1v) is 8.98. The normalized spacial score (nSPS) is 17.4. The summed E-state index contributed by atoms with van der Waals surface area (Å²) in [6.45, 7) is 5.91.